The van der Waals surface area contributed by atoms with Crippen molar-refractivity contribution in [1.82, 2.24) is 10.2 Å². The van der Waals surface area contributed by atoms with E-state index in [4.69, 9.17) is 16.3 Å². The highest BCUT2D eigenvalue weighted by Gasteiger charge is 2.35. The molecule has 3 aromatic carbocycles. The number of halogens is 1. The van der Waals surface area contributed by atoms with Crippen LogP contribution in [0.3, 0.4) is 0 Å². The van der Waals surface area contributed by atoms with Gasteiger partial charge in [0.2, 0.25) is 11.8 Å². The molecule has 1 fully saturated rings. The first-order valence-corrected chi connectivity index (χ1v) is 16.0. The van der Waals surface area contributed by atoms with Crippen LogP contribution in [0.5, 0.6) is 5.75 Å². The first-order chi connectivity index (χ1) is 20.1. The number of nitrogens with zero attached hydrogens (tertiary/aromatic N) is 2. The highest BCUT2D eigenvalue weighted by Crippen LogP contribution is 2.28. The number of carbonyl (C=O) groups is 2. The lowest BCUT2D eigenvalue weighted by molar-refractivity contribution is -0.140. The lowest BCUT2D eigenvalue weighted by Crippen LogP contribution is -2.53. The molecule has 0 spiro atoms. The maximum absolute atomic E-state index is 14.2. The zero-order chi connectivity index (χ0) is 30.3. The molecule has 0 bridgehead atoms. The molecule has 1 atom stereocenters. The lowest BCUT2D eigenvalue weighted by Gasteiger charge is -2.34. The summed E-state index contributed by atoms with van der Waals surface area (Å²) in [5, 5.41) is 3.57. The van der Waals surface area contributed by atoms with E-state index in [-0.39, 0.29) is 29.1 Å². The van der Waals surface area contributed by atoms with E-state index in [1.54, 1.807) is 54.6 Å². The maximum atomic E-state index is 14.2. The van der Waals surface area contributed by atoms with Gasteiger partial charge in [0.05, 0.1) is 17.7 Å². The molecule has 4 rings (SSSR count). The summed E-state index contributed by atoms with van der Waals surface area (Å²) in [5.74, 6) is -0.333. The Morgan fingerprint density at radius 1 is 1.02 bits per heavy atom. The topological polar surface area (TPSA) is 96.0 Å². The van der Waals surface area contributed by atoms with Gasteiger partial charge in [0.15, 0.2) is 0 Å². The Balaban J connectivity index is 1.74. The number of sulfonamides is 1. The van der Waals surface area contributed by atoms with Gasteiger partial charge in [-0.05, 0) is 62.1 Å². The predicted octanol–water partition coefficient (Wildman–Crippen LogP) is 5.72. The van der Waals surface area contributed by atoms with Crippen molar-refractivity contribution < 1.29 is 22.7 Å². The Labute approximate surface area is 253 Å². The third kappa shape index (κ3) is 7.44. The number of amides is 2. The second-order valence-corrected chi connectivity index (χ2v) is 12.8. The summed E-state index contributed by atoms with van der Waals surface area (Å²) >= 11 is 6.48. The summed E-state index contributed by atoms with van der Waals surface area (Å²) in [6.07, 6.45) is 4.25. The van der Waals surface area contributed by atoms with Crippen LogP contribution in [0.25, 0.3) is 0 Å². The number of benzene rings is 3. The van der Waals surface area contributed by atoms with Crippen molar-refractivity contribution in [2.75, 3.05) is 18.0 Å². The fraction of sp³-hybridized carbons (Fsp3) is 0.375. The Bertz CT molecular complexity index is 1490. The fourth-order valence-electron chi connectivity index (χ4n) is 5.23. The largest absolute Gasteiger partial charge is 0.497 e. The van der Waals surface area contributed by atoms with E-state index in [2.05, 4.69) is 5.32 Å². The van der Waals surface area contributed by atoms with E-state index in [0.29, 0.717) is 22.8 Å². The maximum Gasteiger partial charge on any atom is 0.264 e. The zero-order valence-corrected chi connectivity index (χ0v) is 25.8. The van der Waals surface area contributed by atoms with Gasteiger partial charge >= 0.3 is 0 Å². The smallest absolute Gasteiger partial charge is 0.264 e. The molecule has 0 aliphatic heterocycles. The van der Waals surface area contributed by atoms with Gasteiger partial charge in [-0.25, -0.2) is 8.42 Å². The number of aryl methyl sites for hydroxylation is 1. The quantitative estimate of drug-likeness (QED) is 0.283. The predicted molar refractivity (Wildman–Crippen MR) is 165 cm³/mol. The molecule has 224 valence electrons. The Hall–Kier alpha value is -3.56. The van der Waals surface area contributed by atoms with Crippen molar-refractivity contribution >= 4 is 39.1 Å². The molecule has 0 radical (unpaired) electrons. The molecule has 42 heavy (non-hydrogen) atoms. The van der Waals surface area contributed by atoms with Gasteiger partial charge in [0.1, 0.15) is 18.3 Å². The van der Waals surface area contributed by atoms with Crippen LogP contribution in [-0.2, 0) is 26.2 Å². The average molecular weight is 612 g/mol. The van der Waals surface area contributed by atoms with E-state index in [0.717, 1.165) is 35.6 Å². The van der Waals surface area contributed by atoms with Crippen molar-refractivity contribution in [3.8, 4) is 5.75 Å². The third-order valence-electron chi connectivity index (χ3n) is 7.62. The van der Waals surface area contributed by atoms with Crippen molar-refractivity contribution in [2.45, 2.75) is 69.5 Å². The zero-order valence-electron chi connectivity index (χ0n) is 24.3. The molecule has 1 N–H and O–H groups in total. The molecule has 0 unspecified atom stereocenters. The summed E-state index contributed by atoms with van der Waals surface area (Å²) in [6, 6.07) is 19.4. The number of methoxy groups -OCH3 is 1. The van der Waals surface area contributed by atoms with Crippen LogP contribution in [-0.4, -0.2) is 50.9 Å². The number of nitrogens with one attached hydrogen (secondary N) is 1. The molecule has 10 heteroatoms. The normalized spacial score (nSPS) is 14.3. The number of hydrogen-bond donors (Lipinski definition) is 1. The van der Waals surface area contributed by atoms with Gasteiger partial charge < -0.3 is 15.0 Å². The number of hydrogen-bond acceptors (Lipinski definition) is 5. The van der Waals surface area contributed by atoms with Gasteiger partial charge in [-0.1, -0.05) is 73.3 Å². The minimum atomic E-state index is -4.17. The van der Waals surface area contributed by atoms with E-state index in [9.17, 15) is 18.0 Å². The molecule has 1 aliphatic rings. The molecular weight excluding hydrogens is 574 g/mol. The third-order valence-corrected chi connectivity index (χ3v) is 9.77. The molecule has 1 aliphatic carbocycles. The molecule has 0 aromatic heterocycles. The molecular formula is C32H38ClN3O5S. The van der Waals surface area contributed by atoms with Gasteiger partial charge in [-0.15, -0.1) is 0 Å². The number of carbonyl (C=O) groups excluding carboxylic acids is 2. The summed E-state index contributed by atoms with van der Waals surface area (Å²) in [7, 11) is -2.68. The second-order valence-electron chi connectivity index (χ2n) is 10.6. The summed E-state index contributed by atoms with van der Waals surface area (Å²) < 4.78 is 34.5. The van der Waals surface area contributed by atoms with E-state index in [1.807, 2.05) is 19.9 Å². The summed E-state index contributed by atoms with van der Waals surface area (Å²) in [4.78, 5) is 29.3. The van der Waals surface area contributed by atoms with Crippen molar-refractivity contribution in [3.05, 3.63) is 88.9 Å². The van der Waals surface area contributed by atoms with Crippen LogP contribution in [0.1, 0.15) is 50.2 Å². The van der Waals surface area contributed by atoms with Crippen LogP contribution >= 0.6 is 11.6 Å². The van der Waals surface area contributed by atoms with Crippen molar-refractivity contribution in [2.24, 2.45) is 0 Å². The second kappa shape index (κ2) is 14.1. The SMILES string of the molecule is CC[C@@H](C(=O)NC1CCCC1)N(Cc1ccccc1Cl)C(=O)CN(c1cccc(OC)c1)S(=O)(=O)c1ccc(C)cc1. The van der Waals surface area contributed by atoms with Crippen molar-refractivity contribution in [1.29, 1.82) is 0 Å². The fourth-order valence-corrected chi connectivity index (χ4v) is 6.83. The minimum absolute atomic E-state index is 0.0473. The number of rotatable bonds is 12. The number of anilines is 1. The van der Waals surface area contributed by atoms with Crippen LogP contribution in [0.4, 0.5) is 5.69 Å². The van der Waals surface area contributed by atoms with Crippen LogP contribution < -0.4 is 14.4 Å². The Morgan fingerprint density at radius 3 is 2.36 bits per heavy atom. The van der Waals surface area contributed by atoms with Gasteiger partial charge in [-0.2, -0.15) is 0 Å². The minimum Gasteiger partial charge on any atom is -0.497 e. The van der Waals surface area contributed by atoms with Gasteiger partial charge in [-0.3, -0.25) is 13.9 Å². The van der Waals surface area contributed by atoms with Crippen LogP contribution in [0, 0.1) is 6.92 Å². The van der Waals surface area contributed by atoms with Crippen LogP contribution in [0.2, 0.25) is 5.02 Å². The monoisotopic (exact) mass is 611 g/mol. The van der Waals surface area contributed by atoms with E-state index >= 15 is 0 Å². The molecule has 2 amide bonds. The van der Waals surface area contributed by atoms with Crippen LogP contribution in [0.15, 0.2) is 77.7 Å². The Kier molecular flexibility index (Phi) is 10.5. The van der Waals surface area contributed by atoms with Crippen molar-refractivity contribution in [3.63, 3.8) is 0 Å². The highest BCUT2D eigenvalue weighted by molar-refractivity contribution is 7.92. The van der Waals surface area contributed by atoms with E-state index < -0.39 is 28.5 Å². The van der Waals surface area contributed by atoms with E-state index in [1.165, 1.54) is 24.1 Å². The molecule has 1 saturated carbocycles. The lowest BCUT2D eigenvalue weighted by atomic mass is 10.1. The number of ether oxygens (including phenoxy) is 1. The van der Waals surface area contributed by atoms with Gasteiger partial charge in [0.25, 0.3) is 10.0 Å². The average Bonchev–Trinajstić information content (AvgIpc) is 3.49. The molecule has 8 nitrogen and oxygen atoms in total. The molecule has 0 heterocycles. The van der Waals surface area contributed by atoms with Gasteiger partial charge in [0, 0.05) is 23.7 Å². The first-order valence-electron chi connectivity index (χ1n) is 14.2. The molecule has 3 aromatic rings. The summed E-state index contributed by atoms with van der Waals surface area (Å²) in [6.45, 7) is 3.23. The Morgan fingerprint density at radius 2 is 1.71 bits per heavy atom. The first kappa shape index (κ1) is 31.4. The highest BCUT2D eigenvalue weighted by atomic mass is 35.5. The molecule has 0 saturated heterocycles. The summed E-state index contributed by atoms with van der Waals surface area (Å²) in [5.41, 5.74) is 1.83. The standard InChI is InChI=1S/C32H38ClN3O5S/c1-4-30(32(38)34-25-11-6-7-12-25)35(21-24-10-5-8-15-29(24)33)31(37)22-36(26-13-9-14-27(20-26)41-3)42(39,40)28-18-16-23(2)17-19-28/h5,8-10,13-20,25,30H,4,6-7,11-12,21-22H2,1-3H3,(H,34,38)/t30-/m0/s1.